The van der Waals surface area contributed by atoms with E-state index in [0.717, 1.165) is 42.1 Å². The molecule has 146 valence electrons. The van der Waals surface area contributed by atoms with Crippen LogP contribution in [0.25, 0.3) is 11.8 Å². The largest absolute Gasteiger partial charge is 0.376 e. The summed E-state index contributed by atoms with van der Waals surface area (Å²) in [5.41, 5.74) is 3.58. The molecule has 1 aromatic heterocycles. The van der Waals surface area contributed by atoms with E-state index in [1.807, 2.05) is 36.6 Å². The number of hydrogen-bond donors (Lipinski definition) is 1. The summed E-state index contributed by atoms with van der Waals surface area (Å²) in [5, 5.41) is 13.2. The minimum absolute atomic E-state index is 0.0311. The lowest BCUT2D eigenvalue weighted by atomic mass is 10.1. The number of carbonyl (C=O) groups is 1. The van der Waals surface area contributed by atoms with Crippen molar-refractivity contribution in [3.63, 3.8) is 0 Å². The number of nitrogens with one attached hydrogen (secondary N) is 1. The summed E-state index contributed by atoms with van der Waals surface area (Å²) in [6, 6.07) is 9.34. The second-order valence-corrected chi connectivity index (χ2v) is 7.59. The first kappa shape index (κ1) is 20.5. The molecule has 1 saturated heterocycles. The third-order valence-corrected chi connectivity index (χ3v) is 5.55. The van der Waals surface area contributed by atoms with Gasteiger partial charge in [-0.3, -0.25) is 4.79 Å². The maximum absolute atomic E-state index is 12.4. The van der Waals surface area contributed by atoms with E-state index in [1.54, 1.807) is 18.2 Å². The molecule has 2 heterocycles. The van der Waals surface area contributed by atoms with E-state index in [1.165, 1.54) is 0 Å². The van der Waals surface area contributed by atoms with E-state index in [-0.39, 0.29) is 11.7 Å². The standard InChI is InChI=1S/C21H21Cl2N3O2/c1-13-8-15(14(2)26(13)17-5-6-19(22)20(23)10-17)9-16(11-24)21(27)25-12-18-4-3-7-28-18/h5-6,8-10,18H,3-4,7,12H2,1-2H3,(H,25,27)/b16-9+/t18-/m1/s1. The predicted octanol–water partition coefficient (Wildman–Crippen LogP) is 4.60. The third kappa shape index (κ3) is 4.41. The molecule has 1 fully saturated rings. The molecule has 7 heteroatoms. The van der Waals surface area contributed by atoms with Gasteiger partial charge in [0.2, 0.25) is 0 Å². The highest BCUT2D eigenvalue weighted by molar-refractivity contribution is 6.42. The molecule has 1 N–H and O–H groups in total. The first-order chi connectivity index (χ1) is 13.4. The Hall–Kier alpha value is -2.26. The highest BCUT2D eigenvalue weighted by Crippen LogP contribution is 2.28. The van der Waals surface area contributed by atoms with E-state index in [0.29, 0.717) is 16.6 Å². The molecule has 28 heavy (non-hydrogen) atoms. The van der Waals surface area contributed by atoms with E-state index < -0.39 is 5.91 Å². The molecule has 0 spiro atoms. The lowest BCUT2D eigenvalue weighted by Gasteiger charge is -2.11. The van der Waals surface area contributed by atoms with Crippen LogP contribution < -0.4 is 5.32 Å². The fourth-order valence-corrected chi connectivity index (χ4v) is 3.66. The first-order valence-electron chi connectivity index (χ1n) is 9.06. The van der Waals surface area contributed by atoms with Crippen molar-refractivity contribution < 1.29 is 9.53 Å². The van der Waals surface area contributed by atoms with Crippen molar-refractivity contribution in [2.45, 2.75) is 32.8 Å². The molecule has 2 aromatic rings. The summed E-state index contributed by atoms with van der Waals surface area (Å²) in [5.74, 6) is -0.391. The number of rotatable bonds is 5. The average molecular weight is 418 g/mol. The molecule has 1 atom stereocenters. The summed E-state index contributed by atoms with van der Waals surface area (Å²) in [6.07, 6.45) is 3.57. The van der Waals surface area contributed by atoms with Crippen LogP contribution in [0.2, 0.25) is 10.0 Å². The second kappa shape index (κ2) is 8.83. The van der Waals surface area contributed by atoms with Gasteiger partial charge in [0.25, 0.3) is 5.91 Å². The summed E-state index contributed by atoms with van der Waals surface area (Å²) in [7, 11) is 0. The zero-order valence-corrected chi connectivity index (χ0v) is 17.3. The molecule has 3 rings (SSSR count). The zero-order chi connectivity index (χ0) is 20.3. The molecule has 5 nitrogen and oxygen atoms in total. The van der Waals surface area contributed by atoms with Crippen LogP contribution >= 0.6 is 23.2 Å². The maximum atomic E-state index is 12.4. The van der Waals surface area contributed by atoms with Gasteiger partial charge in [-0.1, -0.05) is 23.2 Å². The zero-order valence-electron chi connectivity index (χ0n) is 15.8. The summed E-state index contributed by atoms with van der Waals surface area (Å²) >= 11 is 12.2. The highest BCUT2D eigenvalue weighted by Gasteiger charge is 2.18. The third-order valence-electron chi connectivity index (χ3n) is 4.81. The van der Waals surface area contributed by atoms with Crippen LogP contribution in [0.4, 0.5) is 0 Å². The lowest BCUT2D eigenvalue weighted by molar-refractivity contribution is -0.117. The molecule has 1 aliphatic heterocycles. The van der Waals surface area contributed by atoms with E-state index >= 15 is 0 Å². The number of nitriles is 1. The quantitative estimate of drug-likeness (QED) is 0.570. The minimum atomic E-state index is -0.391. The number of halogens is 2. The van der Waals surface area contributed by atoms with Crippen molar-refractivity contribution in [2.75, 3.05) is 13.2 Å². The number of carbonyl (C=O) groups excluding carboxylic acids is 1. The fourth-order valence-electron chi connectivity index (χ4n) is 3.37. The molecule has 0 radical (unpaired) electrons. The van der Waals surface area contributed by atoms with Gasteiger partial charge in [-0.15, -0.1) is 0 Å². The van der Waals surface area contributed by atoms with Crippen LogP contribution in [0.15, 0.2) is 29.8 Å². The van der Waals surface area contributed by atoms with Gasteiger partial charge in [-0.2, -0.15) is 5.26 Å². The van der Waals surface area contributed by atoms with Gasteiger partial charge in [-0.25, -0.2) is 0 Å². The van der Waals surface area contributed by atoms with Crippen molar-refractivity contribution in [2.24, 2.45) is 0 Å². The Labute approximate surface area is 174 Å². The predicted molar refractivity (Wildman–Crippen MR) is 111 cm³/mol. The maximum Gasteiger partial charge on any atom is 0.262 e. The SMILES string of the molecule is Cc1cc(/C=C(\C#N)C(=O)NC[C@H]2CCCO2)c(C)n1-c1ccc(Cl)c(Cl)c1. The van der Waals surface area contributed by atoms with Gasteiger partial charge in [-0.05, 0) is 62.6 Å². The Morgan fingerprint density at radius 3 is 2.79 bits per heavy atom. The Balaban J connectivity index is 1.84. The van der Waals surface area contributed by atoms with E-state index in [9.17, 15) is 10.1 Å². The van der Waals surface area contributed by atoms with E-state index in [4.69, 9.17) is 27.9 Å². The van der Waals surface area contributed by atoms with Crippen LogP contribution in [0, 0.1) is 25.2 Å². The van der Waals surface area contributed by atoms with Crippen LogP contribution in [0.5, 0.6) is 0 Å². The van der Waals surface area contributed by atoms with Crippen LogP contribution in [-0.4, -0.2) is 29.7 Å². The van der Waals surface area contributed by atoms with Crippen LogP contribution in [-0.2, 0) is 9.53 Å². The van der Waals surface area contributed by atoms with Crippen molar-refractivity contribution in [1.82, 2.24) is 9.88 Å². The van der Waals surface area contributed by atoms with Crippen molar-refractivity contribution in [3.05, 3.63) is 56.8 Å². The summed E-state index contributed by atoms with van der Waals surface area (Å²) in [6.45, 7) is 5.03. The van der Waals surface area contributed by atoms with Crippen LogP contribution in [0.1, 0.15) is 29.8 Å². The van der Waals surface area contributed by atoms with Crippen molar-refractivity contribution in [1.29, 1.82) is 5.26 Å². The van der Waals surface area contributed by atoms with Gasteiger partial charge in [0.05, 0.1) is 16.1 Å². The number of aromatic nitrogens is 1. The van der Waals surface area contributed by atoms with Crippen LogP contribution in [0.3, 0.4) is 0 Å². The number of ether oxygens (including phenoxy) is 1. The molecule has 1 amide bonds. The average Bonchev–Trinajstić information content (AvgIpc) is 3.28. The van der Waals surface area contributed by atoms with Gasteiger partial charge in [0, 0.05) is 30.2 Å². The number of aryl methyl sites for hydroxylation is 1. The Morgan fingerprint density at radius 1 is 1.36 bits per heavy atom. The highest BCUT2D eigenvalue weighted by atomic mass is 35.5. The fraction of sp³-hybridized carbons (Fsp3) is 0.333. The van der Waals surface area contributed by atoms with E-state index in [2.05, 4.69) is 5.32 Å². The second-order valence-electron chi connectivity index (χ2n) is 6.78. The molecular formula is C21H21Cl2N3O2. The normalized spacial score (nSPS) is 16.8. The molecule has 1 aromatic carbocycles. The summed E-state index contributed by atoms with van der Waals surface area (Å²) < 4.78 is 7.51. The van der Waals surface area contributed by atoms with Gasteiger partial charge in [0.15, 0.2) is 0 Å². The van der Waals surface area contributed by atoms with Gasteiger partial charge >= 0.3 is 0 Å². The molecular weight excluding hydrogens is 397 g/mol. The molecule has 0 bridgehead atoms. The number of hydrogen-bond acceptors (Lipinski definition) is 3. The topological polar surface area (TPSA) is 67.1 Å². The summed E-state index contributed by atoms with van der Waals surface area (Å²) in [4.78, 5) is 12.4. The Kier molecular flexibility index (Phi) is 6.46. The first-order valence-corrected chi connectivity index (χ1v) is 9.82. The minimum Gasteiger partial charge on any atom is -0.376 e. The molecule has 0 aliphatic carbocycles. The number of benzene rings is 1. The van der Waals surface area contributed by atoms with Crippen molar-refractivity contribution in [3.8, 4) is 11.8 Å². The molecule has 0 unspecified atom stereocenters. The monoisotopic (exact) mass is 417 g/mol. The Bertz CT molecular complexity index is 967. The molecule has 0 saturated carbocycles. The Morgan fingerprint density at radius 2 is 2.14 bits per heavy atom. The lowest BCUT2D eigenvalue weighted by Crippen LogP contribution is -2.32. The van der Waals surface area contributed by atoms with Crippen molar-refractivity contribution >= 4 is 35.2 Å². The molecule has 1 aliphatic rings. The smallest absolute Gasteiger partial charge is 0.262 e. The van der Waals surface area contributed by atoms with Gasteiger partial charge in [0.1, 0.15) is 11.6 Å². The number of amides is 1. The number of nitrogens with zero attached hydrogens (tertiary/aromatic N) is 2. The van der Waals surface area contributed by atoms with Gasteiger partial charge < -0.3 is 14.6 Å².